The van der Waals surface area contributed by atoms with Gasteiger partial charge in [0.05, 0.1) is 0 Å². The van der Waals surface area contributed by atoms with Gasteiger partial charge in [-0.2, -0.15) is 4.31 Å². The Labute approximate surface area is 102 Å². The molecule has 0 radical (unpaired) electrons. The molecule has 0 bridgehead atoms. The second-order valence-electron chi connectivity index (χ2n) is 3.58. The summed E-state index contributed by atoms with van der Waals surface area (Å²) >= 11 is 4.65. The van der Waals surface area contributed by atoms with Crippen LogP contribution in [0.3, 0.4) is 0 Å². The van der Waals surface area contributed by atoms with E-state index in [0.717, 1.165) is 17.7 Å². The molecule has 1 fully saturated rings. The van der Waals surface area contributed by atoms with Gasteiger partial charge in [0, 0.05) is 17.5 Å². The molecule has 0 saturated heterocycles. The first-order valence-corrected chi connectivity index (χ1v) is 8.32. The zero-order valence-electron chi connectivity index (χ0n) is 8.10. The molecule has 1 aromatic heterocycles. The van der Waals surface area contributed by atoms with Gasteiger partial charge in [-0.05, 0) is 24.3 Å². The molecule has 15 heavy (non-hydrogen) atoms. The zero-order valence-corrected chi connectivity index (χ0v) is 11.3. The van der Waals surface area contributed by atoms with Crippen LogP contribution in [-0.4, -0.2) is 23.4 Å². The van der Waals surface area contributed by atoms with Crippen LogP contribution >= 0.6 is 27.3 Å². The Hall–Kier alpha value is 0.0900. The molecular formula is C9H12BrNO2S2. The van der Waals surface area contributed by atoms with Crippen LogP contribution in [0.1, 0.15) is 17.7 Å². The Morgan fingerprint density at radius 2 is 2.27 bits per heavy atom. The van der Waals surface area contributed by atoms with E-state index in [4.69, 9.17) is 0 Å². The van der Waals surface area contributed by atoms with E-state index in [2.05, 4.69) is 15.9 Å². The van der Waals surface area contributed by atoms with E-state index in [1.165, 1.54) is 0 Å². The largest absolute Gasteiger partial charge is 0.224 e. The molecule has 1 aliphatic rings. The van der Waals surface area contributed by atoms with Crippen molar-refractivity contribution >= 4 is 37.3 Å². The van der Waals surface area contributed by atoms with Crippen molar-refractivity contribution in [3.63, 3.8) is 0 Å². The second kappa shape index (κ2) is 4.53. The van der Waals surface area contributed by atoms with E-state index < -0.39 is 10.0 Å². The number of nitrogens with zero attached hydrogens (tertiary/aromatic N) is 1. The van der Waals surface area contributed by atoms with E-state index in [-0.39, 0.29) is 10.7 Å². The normalized spacial score (nSPS) is 17.2. The van der Waals surface area contributed by atoms with E-state index in [0.29, 0.717) is 6.54 Å². The molecule has 1 saturated carbocycles. The smallest absolute Gasteiger partial charge is 0.211 e. The van der Waals surface area contributed by atoms with Crippen molar-refractivity contribution in [2.75, 3.05) is 4.66 Å². The van der Waals surface area contributed by atoms with Gasteiger partial charge < -0.3 is 0 Å². The minimum atomic E-state index is -3.12. The molecule has 0 atom stereocenters. The van der Waals surface area contributed by atoms with Crippen LogP contribution in [-0.2, 0) is 16.6 Å². The average Bonchev–Trinajstić information content (AvgIpc) is 2.92. The lowest BCUT2D eigenvalue weighted by Crippen LogP contribution is -2.32. The number of alkyl halides is 1. The quantitative estimate of drug-likeness (QED) is 0.783. The molecule has 0 N–H and O–H groups in total. The molecule has 0 aromatic carbocycles. The Morgan fingerprint density at radius 1 is 1.53 bits per heavy atom. The maximum absolute atomic E-state index is 11.8. The van der Waals surface area contributed by atoms with Crippen molar-refractivity contribution in [1.82, 2.24) is 4.31 Å². The van der Waals surface area contributed by atoms with Crippen molar-refractivity contribution in [2.24, 2.45) is 0 Å². The molecule has 1 aliphatic carbocycles. The average molecular weight is 310 g/mol. The van der Waals surface area contributed by atoms with Crippen molar-refractivity contribution in [2.45, 2.75) is 25.4 Å². The van der Waals surface area contributed by atoms with E-state index in [1.807, 2.05) is 17.5 Å². The van der Waals surface area contributed by atoms with Crippen molar-refractivity contribution in [3.05, 3.63) is 22.4 Å². The lowest BCUT2D eigenvalue weighted by molar-refractivity contribution is 0.405. The van der Waals surface area contributed by atoms with E-state index in [9.17, 15) is 8.42 Å². The number of hydrogen-bond acceptors (Lipinski definition) is 3. The summed E-state index contributed by atoms with van der Waals surface area (Å²) < 4.78 is 25.2. The molecule has 3 nitrogen and oxygen atoms in total. The summed E-state index contributed by atoms with van der Waals surface area (Å²) in [6, 6.07) is 4.16. The lowest BCUT2D eigenvalue weighted by atomic mass is 10.4. The summed E-state index contributed by atoms with van der Waals surface area (Å²) in [6.45, 7) is 0.524. The number of sulfonamides is 1. The van der Waals surface area contributed by atoms with Gasteiger partial charge in [0.2, 0.25) is 10.0 Å². The van der Waals surface area contributed by atoms with Crippen LogP contribution in [0.5, 0.6) is 0 Å². The first-order valence-electron chi connectivity index (χ1n) is 4.71. The molecule has 0 unspecified atom stereocenters. The summed E-state index contributed by atoms with van der Waals surface area (Å²) in [5.74, 6) is 0. The third-order valence-corrected chi connectivity index (χ3v) is 6.36. The molecule has 6 heteroatoms. The fourth-order valence-corrected chi connectivity index (χ4v) is 4.14. The lowest BCUT2D eigenvalue weighted by Gasteiger charge is -2.19. The minimum absolute atomic E-state index is 0.0157. The molecule has 0 amide bonds. The van der Waals surface area contributed by atoms with Crippen LogP contribution in [0.4, 0.5) is 0 Å². The molecule has 1 aromatic rings. The van der Waals surface area contributed by atoms with Gasteiger partial charge in [0.1, 0.15) is 4.66 Å². The number of halogens is 1. The summed E-state index contributed by atoms with van der Waals surface area (Å²) in [6.07, 6.45) is 2.00. The topological polar surface area (TPSA) is 37.4 Å². The maximum Gasteiger partial charge on any atom is 0.224 e. The predicted molar refractivity (Wildman–Crippen MR) is 65.6 cm³/mol. The van der Waals surface area contributed by atoms with Crippen LogP contribution in [0.25, 0.3) is 0 Å². The van der Waals surface area contributed by atoms with Gasteiger partial charge >= 0.3 is 0 Å². The molecular weight excluding hydrogens is 298 g/mol. The number of hydrogen-bond donors (Lipinski definition) is 0. The summed E-state index contributed by atoms with van der Waals surface area (Å²) in [5, 5.41) is 1.97. The van der Waals surface area contributed by atoms with Gasteiger partial charge in [-0.15, -0.1) is 11.3 Å². The van der Waals surface area contributed by atoms with Gasteiger partial charge in [-0.25, -0.2) is 8.42 Å². The Morgan fingerprint density at radius 3 is 2.73 bits per heavy atom. The Kier molecular flexibility index (Phi) is 3.49. The van der Waals surface area contributed by atoms with E-state index in [1.54, 1.807) is 15.6 Å². The maximum atomic E-state index is 11.8. The highest BCUT2D eigenvalue weighted by Gasteiger charge is 2.36. The molecule has 2 rings (SSSR count). The number of thiophene rings is 1. The van der Waals surface area contributed by atoms with Gasteiger partial charge in [-0.3, -0.25) is 0 Å². The highest BCUT2D eigenvalue weighted by atomic mass is 79.9. The van der Waals surface area contributed by atoms with Crippen molar-refractivity contribution in [3.8, 4) is 0 Å². The second-order valence-corrected chi connectivity index (χ2v) is 7.83. The highest BCUT2D eigenvalue weighted by molar-refractivity contribution is 9.10. The molecule has 84 valence electrons. The fraction of sp³-hybridized carbons (Fsp3) is 0.556. The van der Waals surface area contributed by atoms with Gasteiger partial charge in [0.25, 0.3) is 0 Å². The SMILES string of the molecule is O=S(=O)(CBr)N(Cc1cccs1)C1CC1. The standard InChI is InChI=1S/C9H12BrNO2S2/c10-7-15(12,13)11(8-3-4-8)6-9-2-1-5-14-9/h1-2,5,8H,3-4,6-7H2. The minimum Gasteiger partial charge on any atom is -0.211 e. The predicted octanol–water partition coefficient (Wildman–Crippen LogP) is 2.39. The van der Waals surface area contributed by atoms with E-state index >= 15 is 0 Å². The van der Waals surface area contributed by atoms with Gasteiger partial charge in [0.15, 0.2) is 0 Å². The third-order valence-electron chi connectivity index (χ3n) is 2.34. The Bertz CT molecular complexity index is 411. The van der Waals surface area contributed by atoms with Crippen LogP contribution in [0.2, 0.25) is 0 Å². The summed E-state index contributed by atoms with van der Waals surface area (Å²) in [5.41, 5.74) is 0. The fourth-order valence-electron chi connectivity index (χ4n) is 1.44. The molecule has 0 spiro atoms. The monoisotopic (exact) mass is 309 g/mol. The number of rotatable bonds is 5. The first kappa shape index (κ1) is 11.6. The molecule has 1 heterocycles. The summed E-state index contributed by atoms with van der Waals surface area (Å²) in [7, 11) is -3.12. The van der Waals surface area contributed by atoms with Crippen molar-refractivity contribution < 1.29 is 8.42 Å². The van der Waals surface area contributed by atoms with Crippen LogP contribution in [0, 0.1) is 0 Å². The van der Waals surface area contributed by atoms with Crippen LogP contribution < -0.4 is 0 Å². The first-order chi connectivity index (χ1) is 7.13. The third kappa shape index (κ3) is 2.81. The zero-order chi connectivity index (χ0) is 10.9. The van der Waals surface area contributed by atoms with Gasteiger partial charge in [-0.1, -0.05) is 22.0 Å². The summed E-state index contributed by atoms with van der Waals surface area (Å²) in [4.78, 5) is 1.10. The van der Waals surface area contributed by atoms with Crippen LogP contribution in [0.15, 0.2) is 17.5 Å². The molecule has 0 aliphatic heterocycles. The van der Waals surface area contributed by atoms with Crippen molar-refractivity contribution in [1.29, 1.82) is 0 Å². The highest BCUT2D eigenvalue weighted by Crippen LogP contribution is 2.32. The Balaban J connectivity index is 2.14.